The number of benzene rings is 1. The van der Waals surface area contributed by atoms with Gasteiger partial charge < -0.3 is 5.73 Å². The molecule has 0 saturated carbocycles. The summed E-state index contributed by atoms with van der Waals surface area (Å²) in [6.07, 6.45) is 8.18. The molecule has 0 amide bonds. The highest BCUT2D eigenvalue weighted by atomic mass is 16.1. The van der Waals surface area contributed by atoms with Crippen molar-refractivity contribution in [2.24, 2.45) is 5.73 Å². The minimum atomic E-state index is 0.429. The third-order valence-corrected chi connectivity index (χ3v) is 4.13. The van der Waals surface area contributed by atoms with E-state index in [2.05, 4.69) is 24.3 Å². The molecule has 2 heteroatoms. The minimum absolute atomic E-state index is 0.429. The van der Waals surface area contributed by atoms with E-state index < -0.39 is 0 Å². The Bertz CT molecular complexity index is 413. The molecule has 1 unspecified atom stereocenters. The van der Waals surface area contributed by atoms with Crippen LogP contribution in [0.1, 0.15) is 62.0 Å². The number of fused-ring (bicyclic) bond motifs is 1. The van der Waals surface area contributed by atoms with Crippen molar-refractivity contribution in [1.29, 1.82) is 0 Å². The second-order valence-electron chi connectivity index (χ2n) is 5.63. The Morgan fingerprint density at radius 2 is 2.05 bits per heavy atom. The lowest BCUT2D eigenvalue weighted by molar-refractivity contribution is -0.119. The van der Waals surface area contributed by atoms with Crippen LogP contribution in [0.4, 0.5) is 0 Å². The predicted octanol–water partition coefficient (Wildman–Crippen LogP) is 3.58. The lowest BCUT2D eigenvalue weighted by atomic mass is 9.80. The van der Waals surface area contributed by atoms with Crippen molar-refractivity contribution in [3.05, 3.63) is 35.4 Å². The highest BCUT2D eigenvalue weighted by Gasteiger charge is 2.21. The van der Waals surface area contributed by atoms with Crippen LogP contribution in [0.15, 0.2) is 24.3 Å². The van der Waals surface area contributed by atoms with Gasteiger partial charge in [0, 0.05) is 12.8 Å². The van der Waals surface area contributed by atoms with E-state index in [-0.39, 0.29) is 0 Å². The molecule has 0 bridgehead atoms. The summed E-state index contributed by atoms with van der Waals surface area (Å²) in [5.74, 6) is 0.894. The number of ketones is 1. The molecule has 0 heterocycles. The molecule has 2 N–H and O–H groups in total. The van der Waals surface area contributed by atoms with Crippen molar-refractivity contribution in [1.82, 2.24) is 0 Å². The molecule has 0 radical (unpaired) electrons. The standard InChI is InChI=1S/C17H25NO/c18-12-5-1-2-10-16(19)13-15-9-6-8-14-7-3-4-11-17(14)15/h3-4,7,11,15H,1-2,5-6,8-10,12-13,18H2. The average molecular weight is 259 g/mol. The van der Waals surface area contributed by atoms with Crippen molar-refractivity contribution in [2.75, 3.05) is 6.54 Å². The van der Waals surface area contributed by atoms with E-state index in [4.69, 9.17) is 5.73 Å². The van der Waals surface area contributed by atoms with Gasteiger partial charge >= 0.3 is 0 Å². The minimum Gasteiger partial charge on any atom is -0.330 e. The maximum absolute atomic E-state index is 12.1. The predicted molar refractivity (Wildman–Crippen MR) is 79.3 cm³/mol. The number of Topliss-reactive ketones (excluding diaryl/α,β-unsaturated/α-hetero) is 1. The Morgan fingerprint density at radius 1 is 1.21 bits per heavy atom. The lowest BCUT2D eigenvalue weighted by Gasteiger charge is -2.24. The summed E-state index contributed by atoms with van der Waals surface area (Å²) in [5, 5.41) is 0. The molecule has 2 rings (SSSR count). The zero-order valence-corrected chi connectivity index (χ0v) is 11.7. The summed E-state index contributed by atoms with van der Waals surface area (Å²) in [6.45, 7) is 0.740. The molecule has 104 valence electrons. The summed E-state index contributed by atoms with van der Waals surface area (Å²) < 4.78 is 0. The van der Waals surface area contributed by atoms with Crippen molar-refractivity contribution >= 4 is 5.78 Å². The van der Waals surface area contributed by atoms with E-state index >= 15 is 0 Å². The fourth-order valence-electron chi connectivity index (χ4n) is 3.09. The fourth-order valence-corrected chi connectivity index (χ4v) is 3.09. The number of nitrogens with two attached hydrogens (primary N) is 1. The van der Waals surface area contributed by atoms with Gasteiger partial charge in [0.05, 0.1) is 0 Å². The molecule has 19 heavy (non-hydrogen) atoms. The first-order valence-electron chi connectivity index (χ1n) is 7.61. The molecule has 1 aromatic rings. The van der Waals surface area contributed by atoms with Crippen LogP contribution in [0.5, 0.6) is 0 Å². The van der Waals surface area contributed by atoms with Crippen LogP contribution in [0, 0.1) is 0 Å². The number of hydrogen-bond acceptors (Lipinski definition) is 2. The Hall–Kier alpha value is -1.15. The number of carbonyl (C=O) groups excluding carboxylic acids is 1. The van der Waals surface area contributed by atoms with E-state index in [9.17, 15) is 4.79 Å². The van der Waals surface area contributed by atoms with Gasteiger partial charge in [-0.2, -0.15) is 0 Å². The molecule has 1 atom stereocenters. The largest absolute Gasteiger partial charge is 0.330 e. The summed E-state index contributed by atoms with van der Waals surface area (Å²) in [5.41, 5.74) is 8.34. The van der Waals surface area contributed by atoms with Crippen LogP contribution in [-0.2, 0) is 11.2 Å². The van der Waals surface area contributed by atoms with E-state index in [1.807, 2.05) is 0 Å². The molecule has 0 aliphatic heterocycles. The second-order valence-corrected chi connectivity index (χ2v) is 5.63. The Labute approximate surface area is 116 Å². The average Bonchev–Trinajstić information content (AvgIpc) is 2.44. The van der Waals surface area contributed by atoms with Crippen molar-refractivity contribution in [2.45, 2.75) is 57.3 Å². The van der Waals surface area contributed by atoms with E-state index in [0.717, 1.165) is 38.6 Å². The number of rotatable bonds is 7. The van der Waals surface area contributed by atoms with E-state index in [1.165, 1.54) is 30.4 Å². The van der Waals surface area contributed by atoms with Gasteiger partial charge in [-0.1, -0.05) is 30.7 Å². The van der Waals surface area contributed by atoms with Gasteiger partial charge in [0.25, 0.3) is 0 Å². The molecule has 0 fully saturated rings. The molecule has 1 aliphatic rings. The smallest absolute Gasteiger partial charge is 0.133 e. The normalized spacial score (nSPS) is 18.1. The zero-order chi connectivity index (χ0) is 13.5. The van der Waals surface area contributed by atoms with E-state index in [1.54, 1.807) is 0 Å². The van der Waals surface area contributed by atoms with Gasteiger partial charge in [-0.05, 0) is 55.7 Å². The number of unbranched alkanes of at least 4 members (excludes halogenated alkanes) is 2. The number of carbonyl (C=O) groups is 1. The molecule has 0 saturated heterocycles. The first kappa shape index (κ1) is 14.3. The molecule has 2 nitrogen and oxygen atoms in total. The van der Waals surface area contributed by atoms with Gasteiger partial charge in [-0.3, -0.25) is 4.79 Å². The van der Waals surface area contributed by atoms with Crippen LogP contribution in [0.25, 0.3) is 0 Å². The monoisotopic (exact) mass is 259 g/mol. The molecular weight excluding hydrogens is 234 g/mol. The van der Waals surface area contributed by atoms with Crippen LogP contribution in [-0.4, -0.2) is 12.3 Å². The summed E-state index contributed by atoms with van der Waals surface area (Å²) in [7, 11) is 0. The van der Waals surface area contributed by atoms with Crippen LogP contribution in [0.2, 0.25) is 0 Å². The maximum atomic E-state index is 12.1. The molecular formula is C17H25NO. The van der Waals surface area contributed by atoms with Gasteiger partial charge in [-0.25, -0.2) is 0 Å². The van der Waals surface area contributed by atoms with Crippen molar-refractivity contribution in [3.8, 4) is 0 Å². The summed E-state index contributed by atoms with van der Waals surface area (Å²) in [6, 6.07) is 8.63. The van der Waals surface area contributed by atoms with Crippen molar-refractivity contribution in [3.63, 3.8) is 0 Å². The first-order chi connectivity index (χ1) is 9.31. The van der Waals surface area contributed by atoms with Gasteiger partial charge in [0.1, 0.15) is 5.78 Å². The van der Waals surface area contributed by atoms with Gasteiger partial charge in [0.2, 0.25) is 0 Å². The summed E-state index contributed by atoms with van der Waals surface area (Å²) in [4.78, 5) is 12.1. The second kappa shape index (κ2) is 7.44. The highest BCUT2D eigenvalue weighted by molar-refractivity contribution is 5.79. The lowest BCUT2D eigenvalue weighted by Crippen LogP contribution is -2.13. The Balaban J connectivity index is 1.85. The SMILES string of the molecule is NCCCCCC(=O)CC1CCCc2ccccc21. The van der Waals surface area contributed by atoms with Gasteiger partial charge in [-0.15, -0.1) is 0 Å². The molecule has 1 aliphatic carbocycles. The highest BCUT2D eigenvalue weighted by Crippen LogP contribution is 2.34. The van der Waals surface area contributed by atoms with Crippen LogP contribution >= 0.6 is 0 Å². The first-order valence-corrected chi connectivity index (χ1v) is 7.61. The maximum Gasteiger partial charge on any atom is 0.133 e. The van der Waals surface area contributed by atoms with Gasteiger partial charge in [0.15, 0.2) is 0 Å². The quantitative estimate of drug-likeness (QED) is 0.760. The van der Waals surface area contributed by atoms with Crippen LogP contribution in [0.3, 0.4) is 0 Å². The Morgan fingerprint density at radius 3 is 2.89 bits per heavy atom. The Kier molecular flexibility index (Phi) is 5.59. The van der Waals surface area contributed by atoms with Crippen molar-refractivity contribution < 1.29 is 4.79 Å². The van der Waals surface area contributed by atoms with Crippen LogP contribution < -0.4 is 5.73 Å². The topological polar surface area (TPSA) is 43.1 Å². The third kappa shape index (κ3) is 4.17. The molecule has 1 aromatic carbocycles. The number of aryl methyl sites for hydroxylation is 1. The van der Waals surface area contributed by atoms with E-state index in [0.29, 0.717) is 11.7 Å². The molecule has 0 aromatic heterocycles. The third-order valence-electron chi connectivity index (χ3n) is 4.13. The number of hydrogen-bond donors (Lipinski definition) is 1. The zero-order valence-electron chi connectivity index (χ0n) is 11.7. The summed E-state index contributed by atoms with van der Waals surface area (Å²) >= 11 is 0. The molecule has 0 spiro atoms. The fraction of sp³-hybridized carbons (Fsp3) is 0.588.